The standard InChI is InChI=1S/C25H26N4O6S/c30-24(27-28-25(31)21-14-13-18-5-1-2-6-20(18)15-21)19-11-9-17(10-12-19)16-26-36(34,35)23-8-4-3-7-22(23)29(32)33/h1-8,13-15,17,19,26H,9-12,16H2,(H,27,30)(H,28,31). The van der Waals surface area contributed by atoms with Crippen molar-refractivity contribution >= 4 is 38.3 Å². The lowest BCUT2D eigenvalue weighted by molar-refractivity contribution is -0.387. The zero-order chi connectivity index (χ0) is 25.7. The van der Waals surface area contributed by atoms with Gasteiger partial charge in [0.05, 0.1) is 4.92 Å². The van der Waals surface area contributed by atoms with Gasteiger partial charge in [0.25, 0.3) is 11.6 Å². The van der Waals surface area contributed by atoms with E-state index in [9.17, 15) is 28.1 Å². The Morgan fingerprint density at radius 1 is 0.889 bits per heavy atom. The summed E-state index contributed by atoms with van der Waals surface area (Å²) in [6.45, 7) is 0.126. The van der Waals surface area contributed by atoms with Crippen molar-refractivity contribution in [2.24, 2.45) is 11.8 Å². The van der Waals surface area contributed by atoms with Crippen LogP contribution in [0.1, 0.15) is 36.0 Å². The number of fused-ring (bicyclic) bond motifs is 1. The average molecular weight is 511 g/mol. The molecule has 3 aromatic rings. The highest BCUT2D eigenvalue weighted by Gasteiger charge is 2.29. The van der Waals surface area contributed by atoms with E-state index < -0.39 is 26.5 Å². The number of hydrogen-bond donors (Lipinski definition) is 3. The topological polar surface area (TPSA) is 148 Å². The van der Waals surface area contributed by atoms with Gasteiger partial charge in [-0.3, -0.25) is 30.6 Å². The Hall–Kier alpha value is -3.83. The third-order valence-corrected chi connectivity index (χ3v) is 7.91. The number of benzene rings is 3. The van der Waals surface area contributed by atoms with Crippen LogP contribution >= 0.6 is 0 Å². The number of carbonyl (C=O) groups excluding carboxylic acids is 2. The van der Waals surface area contributed by atoms with Crippen LogP contribution in [0.3, 0.4) is 0 Å². The first-order valence-corrected chi connectivity index (χ1v) is 13.0. The molecule has 1 saturated carbocycles. The van der Waals surface area contributed by atoms with Gasteiger partial charge >= 0.3 is 0 Å². The Morgan fingerprint density at radius 2 is 1.56 bits per heavy atom. The maximum Gasteiger partial charge on any atom is 0.289 e. The molecule has 10 nitrogen and oxygen atoms in total. The fourth-order valence-corrected chi connectivity index (χ4v) is 5.68. The third kappa shape index (κ3) is 5.86. The van der Waals surface area contributed by atoms with E-state index in [-0.39, 0.29) is 29.2 Å². The molecule has 0 saturated heterocycles. The molecule has 3 N–H and O–H groups in total. The van der Waals surface area contributed by atoms with E-state index in [1.54, 1.807) is 12.1 Å². The van der Waals surface area contributed by atoms with Crippen LogP contribution in [0.5, 0.6) is 0 Å². The normalized spacial score (nSPS) is 17.9. The maximum atomic E-state index is 12.6. The molecule has 1 fully saturated rings. The quantitative estimate of drug-likeness (QED) is 0.328. The molecular formula is C25H26N4O6S. The number of nitrogens with one attached hydrogen (secondary N) is 3. The second kappa shape index (κ2) is 10.8. The second-order valence-electron chi connectivity index (χ2n) is 8.80. The Kier molecular flexibility index (Phi) is 7.61. The Bertz CT molecular complexity index is 1400. The molecule has 0 aliphatic heterocycles. The number of para-hydroxylation sites is 1. The second-order valence-corrected chi connectivity index (χ2v) is 10.5. The summed E-state index contributed by atoms with van der Waals surface area (Å²) < 4.78 is 27.6. The smallest absolute Gasteiger partial charge is 0.273 e. The molecule has 0 spiro atoms. The minimum absolute atomic E-state index is 0.00113. The molecule has 0 radical (unpaired) electrons. The predicted molar refractivity (Wildman–Crippen MR) is 133 cm³/mol. The largest absolute Gasteiger partial charge is 0.289 e. The maximum absolute atomic E-state index is 12.6. The highest BCUT2D eigenvalue weighted by molar-refractivity contribution is 7.89. The molecular weight excluding hydrogens is 484 g/mol. The van der Waals surface area contributed by atoms with Crippen LogP contribution in [0, 0.1) is 22.0 Å². The monoisotopic (exact) mass is 510 g/mol. The van der Waals surface area contributed by atoms with Crippen LogP contribution in [0.4, 0.5) is 5.69 Å². The van der Waals surface area contributed by atoms with Crippen molar-refractivity contribution in [2.75, 3.05) is 6.54 Å². The molecule has 1 aliphatic carbocycles. The molecule has 2 amide bonds. The van der Waals surface area contributed by atoms with Crippen molar-refractivity contribution in [1.82, 2.24) is 15.6 Å². The molecule has 36 heavy (non-hydrogen) atoms. The van der Waals surface area contributed by atoms with Crippen molar-refractivity contribution in [2.45, 2.75) is 30.6 Å². The molecule has 0 heterocycles. The summed E-state index contributed by atoms with van der Waals surface area (Å²) in [5, 5.41) is 13.1. The fourth-order valence-electron chi connectivity index (χ4n) is 4.39. The minimum atomic E-state index is -4.04. The van der Waals surface area contributed by atoms with Gasteiger partial charge in [0.15, 0.2) is 4.90 Å². The number of nitrogens with zero attached hydrogens (tertiary/aromatic N) is 1. The summed E-state index contributed by atoms with van der Waals surface area (Å²) in [7, 11) is -4.04. The van der Waals surface area contributed by atoms with E-state index in [2.05, 4.69) is 15.6 Å². The number of rotatable bonds is 7. The number of nitro groups is 1. The summed E-state index contributed by atoms with van der Waals surface area (Å²) >= 11 is 0. The minimum Gasteiger partial charge on any atom is -0.273 e. The summed E-state index contributed by atoms with van der Waals surface area (Å²) in [5.41, 5.74) is 4.92. The summed E-state index contributed by atoms with van der Waals surface area (Å²) in [6.07, 6.45) is 2.29. The molecule has 4 rings (SSSR count). The summed E-state index contributed by atoms with van der Waals surface area (Å²) in [5.74, 6) is -1.00. The Labute approximate surface area is 208 Å². The molecule has 3 aromatic carbocycles. The van der Waals surface area contributed by atoms with Crippen LogP contribution in [-0.2, 0) is 14.8 Å². The van der Waals surface area contributed by atoms with E-state index in [1.165, 1.54) is 18.2 Å². The van der Waals surface area contributed by atoms with Gasteiger partial charge < -0.3 is 0 Å². The van der Waals surface area contributed by atoms with Crippen LogP contribution in [0.2, 0.25) is 0 Å². The number of hydrogen-bond acceptors (Lipinski definition) is 6. The fraction of sp³-hybridized carbons (Fsp3) is 0.280. The highest BCUT2D eigenvalue weighted by atomic mass is 32.2. The molecule has 0 unspecified atom stereocenters. The van der Waals surface area contributed by atoms with Gasteiger partial charge in [0, 0.05) is 24.1 Å². The zero-order valence-electron chi connectivity index (χ0n) is 19.3. The van der Waals surface area contributed by atoms with E-state index in [1.807, 2.05) is 30.3 Å². The van der Waals surface area contributed by atoms with Crippen molar-refractivity contribution in [1.29, 1.82) is 0 Å². The van der Waals surface area contributed by atoms with Gasteiger partial charge in [-0.05, 0) is 60.6 Å². The van der Waals surface area contributed by atoms with Crippen molar-refractivity contribution in [3.63, 3.8) is 0 Å². The van der Waals surface area contributed by atoms with E-state index >= 15 is 0 Å². The Balaban J connectivity index is 1.25. The first-order chi connectivity index (χ1) is 17.2. The van der Waals surface area contributed by atoms with Crippen LogP contribution in [0.15, 0.2) is 71.6 Å². The first kappa shape index (κ1) is 25.3. The van der Waals surface area contributed by atoms with Gasteiger partial charge in [-0.1, -0.05) is 42.5 Å². The Morgan fingerprint density at radius 3 is 2.28 bits per heavy atom. The molecule has 0 bridgehead atoms. The predicted octanol–water partition coefficient (Wildman–Crippen LogP) is 3.29. The van der Waals surface area contributed by atoms with E-state index in [0.717, 1.165) is 16.8 Å². The van der Waals surface area contributed by atoms with Gasteiger partial charge in [-0.2, -0.15) is 0 Å². The molecule has 0 aromatic heterocycles. The average Bonchev–Trinajstić information content (AvgIpc) is 2.90. The van der Waals surface area contributed by atoms with Gasteiger partial charge in [0.2, 0.25) is 15.9 Å². The molecule has 11 heteroatoms. The number of sulfonamides is 1. The molecule has 0 atom stereocenters. The van der Waals surface area contributed by atoms with Crippen molar-refractivity contribution < 1.29 is 22.9 Å². The number of amides is 2. The van der Waals surface area contributed by atoms with Crippen LogP contribution in [0.25, 0.3) is 10.8 Å². The molecule has 1 aliphatic rings. The van der Waals surface area contributed by atoms with E-state index in [0.29, 0.717) is 31.2 Å². The van der Waals surface area contributed by atoms with Crippen molar-refractivity contribution in [3.8, 4) is 0 Å². The van der Waals surface area contributed by atoms with Crippen LogP contribution in [-0.4, -0.2) is 31.7 Å². The lowest BCUT2D eigenvalue weighted by atomic mass is 9.82. The SMILES string of the molecule is O=C(NNC(=O)C1CCC(CNS(=O)(=O)c2ccccc2[N+](=O)[O-])CC1)c1ccc2ccccc2c1. The number of hydrazine groups is 1. The number of carbonyl (C=O) groups is 2. The van der Waals surface area contributed by atoms with Crippen molar-refractivity contribution in [3.05, 3.63) is 82.4 Å². The highest BCUT2D eigenvalue weighted by Crippen LogP contribution is 2.29. The first-order valence-electron chi connectivity index (χ1n) is 11.6. The van der Waals surface area contributed by atoms with Gasteiger partial charge in [-0.25, -0.2) is 13.1 Å². The summed E-state index contributed by atoms with van der Waals surface area (Å²) in [4.78, 5) is 35.1. The van der Waals surface area contributed by atoms with Crippen LogP contribution < -0.4 is 15.6 Å². The lowest BCUT2D eigenvalue weighted by Crippen LogP contribution is -2.45. The van der Waals surface area contributed by atoms with Gasteiger partial charge in [0.1, 0.15) is 0 Å². The third-order valence-electron chi connectivity index (χ3n) is 6.44. The van der Waals surface area contributed by atoms with E-state index in [4.69, 9.17) is 0 Å². The molecule has 188 valence electrons. The zero-order valence-corrected chi connectivity index (χ0v) is 20.2. The summed E-state index contributed by atoms with van der Waals surface area (Å²) in [6, 6.07) is 18.2. The lowest BCUT2D eigenvalue weighted by Gasteiger charge is -2.27. The number of nitro benzene ring substituents is 1. The van der Waals surface area contributed by atoms with Gasteiger partial charge in [-0.15, -0.1) is 0 Å².